The number of nitro groups is 1. The van der Waals surface area contributed by atoms with Gasteiger partial charge < -0.3 is 14.8 Å². The summed E-state index contributed by atoms with van der Waals surface area (Å²) in [6, 6.07) is 17.7. The number of para-hydroxylation sites is 2. The third-order valence-electron chi connectivity index (χ3n) is 3.82. The second-order valence-electron chi connectivity index (χ2n) is 5.65. The van der Waals surface area contributed by atoms with Crippen molar-refractivity contribution in [3.05, 3.63) is 87.4 Å². The molecule has 0 saturated carbocycles. The van der Waals surface area contributed by atoms with E-state index in [1.807, 2.05) is 12.1 Å². The smallest absolute Gasteiger partial charge is 0.270 e. The van der Waals surface area contributed by atoms with Crippen LogP contribution in [-0.4, -0.2) is 17.9 Å². The number of hydrogen-bond donors (Lipinski definition) is 1. The van der Waals surface area contributed by atoms with Crippen molar-refractivity contribution in [2.24, 2.45) is 0 Å². The lowest BCUT2D eigenvalue weighted by Crippen LogP contribution is -2.12. The van der Waals surface area contributed by atoms with Crippen LogP contribution in [0.25, 0.3) is 0 Å². The number of non-ortho nitro benzene ring substituents is 1. The molecule has 1 N–H and O–H groups in total. The van der Waals surface area contributed by atoms with E-state index in [1.54, 1.807) is 43.5 Å². The number of methoxy groups -OCH3 is 1. The fourth-order valence-electron chi connectivity index (χ4n) is 2.44. The first kappa shape index (κ1) is 19.2. The highest BCUT2D eigenvalue weighted by molar-refractivity contribution is 6.34. The van der Waals surface area contributed by atoms with Crippen molar-refractivity contribution >= 4 is 28.9 Å². The van der Waals surface area contributed by atoms with Crippen molar-refractivity contribution in [3.63, 3.8) is 0 Å². The number of amides is 1. The highest BCUT2D eigenvalue weighted by Crippen LogP contribution is 2.31. The molecule has 3 aromatic carbocycles. The van der Waals surface area contributed by atoms with Crippen LogP contribution < -0.4 is 14.8 Å². The first-order valence-corrected chi connectivity index (χ1v) is 8.52. The molecule has 3 aromatic rings. The molecule has 0 bridgehead atoms. The minimum Gasteiger partial charge on any atom is -0.493 e. The first-order chi connectivity index (χ1) is 13.5. The van der Waals surface area contributed by atoms with Gasteiger partial charge in [-0.3, -0.25) is 14.9 Å². The second-order valence-corrected chi connectivity index (χ2v) is 6.06. The minimum atomic E-state index is -0.575. The Morgan fingerprint density at radius 2 is 1.71 bits per heavy atom. The zero-order valence-electron chi connectivity index (χ0n) is 14.7. The van der Waals surface area contributed by atoms with Gasteiger partial charge in [-0.25, -0.2) is 0 Å². The number of hydrogen-bond acceptors (Lipinski definition) is 5. The molecular weight excluding hydrogens is 384 g/mol. The Morgan fingerprint density at radius 3 is 2.32 bits per heavy atom. The molecule has 0 spiro atoms. The zero-order chi connectivity index (χ0) is 20.1. The van der Waals surface area contributed by atoms with Gasteiger partial charge in [0.15, 0.2) is 11.5 Å². The van der Waals surface area contributed by atoms with Gasteiger partial charge in [-0.2, -0.15) is 0 Å². The van der Waals surface area contributed by atoms with Gasteiger partial charge in [0.05, 0.1) is 22.6 Å². The largest absolute Gasteiger partial charge is 0.493 e. The topological polar surface area (TPSA) is 90.7 Å². The van der Waals surface area contributed by atoms with E-state index < -0.39 is 10.8 Å². The monoisotopic (exact) mass is 398 g/mol. The quantitative estimate of drug-likeness (QED) is 0.449. The lowest BCUT2D eigenvalue weighted by Gasteiger charge is -2.11. The summed E-state index contributed by atoms with van der Waals surface area (Å²) < 4.78 is 11.0. The molecule has 0 radical (unpaired) electrons. The van der Waals surface area contributed by atoms with Gasteiger partial charge in [-0.1, -0.05) is 23.7 Å². The van der Waals surface area contributed by atoms with Crippen molar-refractivity contribution < 1.29 is 19.2 Å². The molecule has 0 aliphatic carbocycles. The van der Waals surface area contributed by atoms with Crippen LogP contribution in [0.4, 0.5) is 11.4 Å². The highest BCUT2D eigenvalue weighted by Gasteiger charge is 2.15. The van der Waals surface area contributed by atoms with Crippen LogP contribution in [0.15, 0.2) is 66.7 Å². The lowest BCUT2D eigenvalue weighted by atomic mass is 10.2. The van der Waals surface area contributed by atoms with E-state index in [1.165, 1.54) is 12.1 Å². The number of anilines is 1. The third kappa shape index (κ3) is 4.39. The van der Waals surface area contributed by atoms with Crippen LogP contribution >= 0.6 is 11.6 Å². The van der Waals surface area contributed by atoms with Gasteiger partial charge in [-0.05, 0) is 42.5 Å². The van der Waals surface area contributed by atoms with Crippen molar-refractivity contribution in [1.82, 2.24) is 0 Å². The predicted octanol–water partition coefficient (Wildman–Crippen LogP) is 5.30. The van der Waals surface area contributed by atoms with Gasteiger partial charge in [0.2, 0.25) is 0 Å². The van der Waals surface area contributed by atoms with Crippen LogP contribution in [0.2, 0.25) is 5.02 Å². The first-order valence-electron chi connectivity index (χ1n) is 8.14. The number of nitrogens with zero attached hydrogens (tertiary/aromatic N) is 1. The molecule has 0 atom stereocenters. The number of rotatable bonds is 6. The fraction of sp³-hybridized carbons (Fsp3) is 0.0500. The summed E-state index contributed by atoms with van der Waals surface area (Å²) in [7, 11) is 1.56. The summed E-state index contributed by atoms with van der Waals surface area (Å²) in [6.07, 6.45) is 0. The van der Waals surface area contributed by atoms with Crippen molar-refractivity contribution in [3.8, 4) is 17.2 Å². The molecule has 0 aromatic heterocycles. The molecule has 28 heavy (non-hydrogen) atoms. The Labute approximate surface area is 165 Å². The van der Waals surface area contributed by atoms with Gasteiger partial charge >= 0.3 is 0 Å². The number of ether oxygens (including phenoxy) is 2. The maximum Gasteiger partial charge on any atom is 0.270 e. The van der Waals surface area contributed by atoms with E-state index in [2.05, 4.69) is 5.32 Å². The normalized spacial score (nSPS) is 10.2. The molecule has 0 aliphatic rings. The molecule has 0 fully saturated rings. The van der Waals surface area contributed by atoms with Crippen LogP contribution in [0.3, 0.4) is 0 Å². The molecule has 0 heterocycles. The average Bonchev–Trinajstić information content (AvgIpc) is 2.69. The summed E-state index contributed by atoms with van der Waals surface area (Å²) in [5.41, 5.74) is 0.479. The molecule has 0 aliphatic heterocycles. The SMILES string of the molecule is COc1ccccc1Oc1ccc(NC(=O)c2ccc([N+](=O)[O-])cc2Cl)cc1. The van der Waals surface area contributed by atoms with Crippen molar-refractivity contribution in [2.75, 3.05) is 12.4 Å². The second kappa shape index (κ2) is 8.41. The summed E-state index contributed by atoms with van der Waals surface area (Å²) >= 11 is 5.98. The van der Waals surface area contributed by atoms with Crippen molar-refractivity contribution in [2.45, 2.75) is 0 Å². The fourth-order valence-corrected chi connectivity index (χ4v) is 2.70. The van der Waals surface area contributed by atoms with E-state index in [0.29, 0.717) is 22.9 Å². The van der Waals surface area contributed by atoms with E-state index >= 15 is 0 Å². The van der Waals surface area contributed by atoms with E-state index in [0.717, 1.165) is 6.07 Å². The zero-order valence-corrected chi connectivity index (χ0v) is 15.5. The van der Waals surface area contributed by atoms with Crippen LogP contribution in [0.1, 0.15) is 10.4 Å². The summed E-state index contributed by atoms with van der Waals surface area (Å²) in [6.45, 7) is 0. The predicted molar refractivity (Wildman–Crippen MR) is 106 cm³/mol. The Hall–Kier alpha value is -3.58. The third-order valence-corrected chi connectivity index (χ3v) is 4.13. The van der Waals surface area contributed by atoms with Crippen LogP contribution in [0, 0.1) is 10.1 Å². The molecule has 3 rings (SSSR count). The van der Waals surface area contributed by atoms with E-state index in [-0.39, 0.29) is 16.3 Å². The van der Waals surface area contributed by atoms with Gasteiger partial charge in [0, 0.05) is 17.8 Å². The van der Waals surface area contributed by atoms with E-state index in [4.69, 9.17) is 21.1 Å². The van der Waals surface area contributed by atoms with Gasteiger partial charge in [0.1, 0.15) is 5.75 Å². The molecule has 8 heteroatoms. The average molecular weight is 399 g/mol. The molecule has 1 amide bonds. The number of halogens is 1. The number of nitrogens with one attached hydrogen (secondary N) is 1. The molecule has 7 nitrogen and oxygen atoms in total. The van der Waals surface area contributed by atoms with Crippen LogP contribution in [0.5, 0.6) is 17.2 Å². The molecule has 142 valence electrons. The number of nitro benzene ring substituents is 1. The molecule has 0 saturated heterocycles. The van der Waals surface area contributed by atoms with Crippen molar-refractivity contribution in [1.29, 1.82) is 0 Å². The Kier molecular flexibility index (Phi) is 5.76. The Morgan fingerprint density at radius 1 is 1.04 bits per heavy atom. The minimum absolute atomic E-state index is 0.00262. The lowest BCUT2D eigenvalue weighted by molar-refractivity contribution is -0.384. The molecular formula is C20H15ClN2O5. The van der Waals surface area contributed by atoms with Gasteiger partial charge in [0.25, 0.3) is 11.6 Å². The van der Waals surface area contributed by atoms with Gasteiger partial charge in [-0.15, -0.1) is 0 Å². The number of carbonyl (C=O) groups is 1. The maximum atomic E-state index is 12.4. The number of carbonyl (C=O) groups excluding carboxylic acids is 1. The number of benzene rings is 3. The maximum absolute atomic E-state index is 12.4. The molecule has 0 unspecified atom stereocenters. The Bertz CT molecular complexity index is 1020. The summed E-state index contributed by atoms with van der Waals surface area (Å²) in [5.74, 6) is 1.27. The summed E-state index contributed by atoms with van der Waals surface area (Å²) in [4.78, 5) is 22.5. The Balaban J connectivity index is 1.70. The van der Waals surface area contributed by atoms with Crippen LogP contribution in [-0.2, 0) is 0 Å². The highest BCUT2D eigenvalue weighted by atomic mass is 35.5. The summed E-state index contributed by atoms with van der Waals surface area (Å²) in [5, 5.41) is 13.4. The van der Waals surface area contributed by atoms with E-state index in [9.17, 15) is 14.9 Å². The standard InChI is InChI=1S/C20H15ClN2O5/c1-27-18-4-2-3-5-19(18)28-15-9-6-13(7-10-15)22-20(24)16-11-8-14(23(25)26)12-17(16)21/h2-12H,1H3,(H,22,24).